The third-order valence-corrected chi connectivity index (χ3v) is 3.26. The number of nitrogens with zero attached hydrogens (tertiary/aromatic N) is 1. The number of alkyl halides is 1. The fraction of sp³-hybridized carbons (Fsp3) is 1.00. The van der Waals surface area contributed by atoms with Gasteiger partial charge in [0.15, 0.2) is 0 Å². The maximum absolute atomic E-state index is 13.5. The fourth-order valence-electron chi connectivity index (χ4n) is 2.19. The fourth-order valence-corrected chi connectivity index (χ4v) is 2.19. The van der Waals surface area contributed by atoms with Crippen molar-refractivity contribution >= 4 is 0 Å². The van der Waals surface area contributed by atoms with Gasteiger partial charge in [0.1, 0.15) is 6.17 Å². The van der Waals surface area contributed by atoms with Crippen molar-refractivity contribution in [1.29, 1.82) is 0 Å². The Labute approximate surface area is 86.6 Å². The van der Waals surface area contributed by atoms with Gasteiger partial charge in [-0.3, -0.25) is 0 Å². The summed E-state index contributed by atoms with van der Waals surface area (Å²) in [5.41, 5.74) is 5.36. The molecule has 1 rings (SSSR count). The maximum Gasteiger partial charge on any atom is 0.104 e. The van der Waals surface area contributed by atoms with E-state index in [0.29, 0.717) is 19.0 Å². The van der Waals surface area contributed by atoms with Crippen LogP contribution in [0.15, 0.2) is 0 Å². The molecule has 0 aliphatic carbocycles. The molecule has 1 heterocycles. The Balaban J connectivity index is 2.28. The van der Waals surface area contributed by atoms with Crippen molar-refractivity contribution in [2.75, 3.05) is 19.6 Å². The van der Waals surface area contributed by atoms with Gasteiger partial charge in [0, 0.05) is 6.04 Å². The highest BCUT2D eigenvalue weighted by Gasteiger charge is 2.26. The topological polar surface area (TPSA) is 29.3 Å². The molecule has 1 aliphatic heterocycles. The zero-order chi connectivity index (χ0) is 10.6. The van der Waals surface area contributed by atoms with Gasteiger partial charge in [0.25, 0.3) is 0 Å². The second kappa shape index (κ2) is 5.66. The average Bonchev–Trinajstić information content (AvgIpc) is 2.18. The van der Waals surface area contributed by atoms with E-state index in [2.05, 4.69) is 18.7 Å². The highest BCUT2D eigenvalue weighted by atomic mass is 19.1. The van der Waals surface area contributed by atoms with Gasteiger partial charge in [-0.05, 0) is 58.7 Å². The Morgan fingerprint density at radius 1 is 1.36 bits per heavy atom. The molecule has 0 radical (unpaired) electrons. The second-order valence-electron chi connectivity index (χ2n) is 4.56. The molecule has 0 bridgehead atoms. The first-order valence-corrected chi connectivity index (χ1v) is 5.73. The molecular weight excluding hydrogens is 179 g/mol. The SMILES string of the molecule is CC(C)N1CCC(C(F)CCN)CC1. The predicted molar refractivity (Wildman–Crippen MR) is 58.0 cm³/mol. The van der Waals surface area contributed by atoms with Crippen LogP contribution in [-0.2, 0) is 0 Å². The molecule has 0 aromatic rings. The largest absolute Gasteiger partial charge is 0.330 e. The highest BCUT2D eigenvalue weighted by molar-refractivity contribution is 4.79. The lowest BCUT2D eigenvalue weighted by atomic mass is 9.90. The molecule has 0 spiro atoms. The maximum atomic E-state index is 13.5. The summed E-state index contributed by atoms with van der Waals surface area (Å²) in [6.07, 6.45) is 1.86. The number of likely N-dealkylation sites (tertiary alicyclic amines) is 1. The second-order valence-corrected chi connectivity index (χ2v) is 4.56. The van der Waals surface area contributed by atoms with E-state index < -0.39 is 6.17 Å². The zero-order valence-corrected chi connectivity index (χ0v) is 9.38. The third kappa shape index (κ3) is 3.21. The molecule has 2 N–H and O–H groups in total. The Morgan fingerprint density at radius 3 is 2.36 bits per heavy atom. The van der Waals surface area contributed by atoms with Crippen molar-refractivity contribution in [2.45, 2.75) is 45.3 Å². The predicted octanol–water partition coefficient (Wildman–Crippen LogP) is 1.79. The van der Waals surface area contributed by atoms with Crippen LogP contribution in [-0.4, -0.2) is 36.7 Å². The van der Waals surface area contributed by atoms with E-state index in [4.69, 9.17) is 5.73 Å². The van der Waals surface area contributed by atoms with E-state index in [1.165, 1.54) is 0 Å². The van der Waals surface area contributed by atoms with Gasteiger partial charge < -0.3 is 10.6 Å². The van der Waals surface area contributed by atoms with Crippen LogP contribution in [0.25, 0.3) is 0 Å². The molecular formula is C11H23FN2. The van der Waals surface area contributed by atoms with Crippen LogP contribution >= 0.6 is 0 Å². The molecule has 1 saturated heterocycles. The van der Waals surface area contributed by atoms with Gasteiger partial charge in [-0.1, -0.05) is 0 Å². The smallest absolute Gasteiger partial charge is 0.104 e. The van der Waals surface area contributed by atoms with Gasteiger partial charge in [-0.2, -0.15) is 0 Å². The van der Waals surface area contributed by atoms with Gasteiger partial charge in [-0.15, -0.1) is 0 Å². The van der Waals surface area contributed by atoms with Crippen molar-refractivity contribution < 1.29 is 4.39 Å². The average molecular weight is 202 g/mol. The van der Waals surface area contributed by atoms with E-state index >= 15 is 0 Å². The standard InChI is InChI=1S/C11H23FN2/c1-9(2)14-7-4-10(5-8-14)11(12)3-6-13/h9-11H,3-8,13H2,1-2H3. The first kappa shape index (κ1) is 11.9. The monoisotopic (exact) mass is 202 g/mol. The minimum atomic E-state index is -0.672. The number of piperidine rings is 1. The zero-order valence-electron chi connectivity index (χ0n) is 9.38. The van der Waals surface area contributed by atoms with Gasteiger partial charge in [-0.25, -0.2) is 4.39 Å². The normalized spacial score (nSPS) is 22.9. The first-order valence-electron chi connectivity index (χ1n) is 5.73. The van der Waals surface area contributed by atoms with Crippen LogP contribution in [0.5, 0.6) is 0 Å². The van der Waals surface area contributed by atoms with E-state index in [0.717, 1.165) is 25.9 Å². The van der Waals surface area contributed by atoms with E-state index in [1.807, 2.05) is 0 Å². The van der Waals surface area contributed by atoms with Crippen LogP contribution in [0, 0.1) is 5.92 Å². The number of hydrogen-bond donors (Lipinski definition) is 1. The van der Waals surface area contributed by atoms with Crippen molar-refractivity contribution in [3.05, 3.63) is 0 Å². The van der Waals surface area contributed by atoms with E-state index in [-0.39, 0.29) is 5.92 Å². The lowest BCUT2D eigenvalue weighted by Gasteiger charge is -2.35. The van der Waals surface area contributed by atoms with Crippen LogP contribution < -0.4 is 5.73 Å². The van der Waals surface area contributed by atoms with Crippen LogP contribution in [0.2, 0.25) is 0 Å². The Kier molecular flexibility index (Phi) is 4.82. The molecule has 0 aromatic heterocycles. The molecule has 0 saturated carbocycles. The first-order chi connectivity index (χ1) is 6.65. The van der Waals surface area contributed by atoms with Crippen LogP contribution in [0.1, 0.15) is 33.1 Å². The van der Waals surface area contributed by atoms with Gasteiger partial charge in [0.05, 0.1) is 0 Å². The Hall–Kier alpha value is -0.150. The van der Waals surface area contributed by atoms with E-state index in [1.54, 1.807) is 0 Å². The summed E-state index contributed by atoms with van der Waals surface area (Å²) in [4.78, 5) is 2.42. The molecule has 1 unspecified atom stereocenters. The molecule has 0 amide bonds. The summed E-state index contributed by atoms with van der Waals surface area (Å²) in [5, 5.41) is 0. The Bertz CT molecular complexity index is 153. The molecule has 2 nitrogen and oxygen atoms in total. The quantitative estimate of drug-likeness (QED) is 0.753. The summed E-state index contributed by atoms with van der Waals surface area (Å²) >= 11 is 0. The van der Waals surface area contributed by atoms with Crippen molar-refractivity contribution in [3.8, 4) is 0 Å². The van der Waals surface area contributed by atoms with Crippen molar-refractivity contribution in [3.63, 3.8) is 0 Å². The van der Waals surface area contributed by atoms with Crippen molar-refractivity contribution in [1.82, 2.24) is 4.90 Å². The molecule has 14 heavy (non-hydrogen) atoms. The summed E-state index contributed by atoms with van der Waals surface area (Å²) in [5.74, 6) is 0.258. The number of rotatable bonds is 4. The Morgan fingerprint density at radius 2 is 1.93 bits per heavy atom. The van der Waals surface area contributed by atoms with Crippen molar-refractivity contribution in [2.24, 2.45) is 11.7 Å². The summed E-state index contributed by atoms with van der Waals surface area (Å²) < 4.78 is 13.5. The summed E-state index contributed by atoms with van der Waals surface area (Å²) in [6, 6.07) is 0.600. The number of nitrogens with two attached hydrogens (primary N) is 1. The lowest BCUT2D eigenvalue weighted by Crippen LogP contribution is -2.40. The number of hydrogen-bond acceptors (Lipinski definition) is 2. The van der Waals surface area contributed by atoms with Gasteiger partial charge in [0.2, 0.25) is 0 Å². The third-order valence-electron chi connectivity index (χ3n) is 3.26. The lowest BCUT2D eigenvalue weighted by molar-refractivity contribution is 0.0982. The molecule has 0 aromatic carbocycles. The van der Waals surface area contributed by atoms with Crippen LogP contribution in [0.4, 0.5) is 4.39 Å². The van der Waals surface area contributed by atoms with Crippen LogP contribution in [0.3, 0.4) is 0 Å². The number of halogens is 1. The minimum absolute atomic E-state index is 0.258. The summed E-state index contributed by atoms with van der Waals surface area (Å²) in [7, 11) is 0. The molecule has 3 heteroatoms. The molecule has 1 atom stereocenters. The molecule has 84 valence electrons. The molecule has 1 aliphatic rings. The highest BCUT2D eigenvalue weighted by Crippen LogP contribution is 2.25. The summed E-state index contributed by atoms with van der Waals surface area (Å²) in [6.45, 7) is 6.98. The van der Waals surface area contributed by atoms with Gasteiger partial charge >= 0.3 is 0 Å². The minimum Gasteiger partial charge on any atom is -0.330 e. The molecule has 1 fully saturated rings. The van der Waals surface area contributed by atoms with E-state index in [9.17, 15) is 4.39 Å².